The zero-order valence-electron chi connectivity index (χ0n) is 8.54. The summed E-state index contributed by atoms with van der Waals surface area (Å²) in [5, 5.41) is 13.1. The van der Waals surface area contributed by atoms with Crippen LogP contribution in [0.3, 0.4) is 0 Å². The van der Waals surface area contributed by atoms with E-state index in [1.807, 2.05) is 0 Å². The summed E-state index contributed by atoms with van der Waals surface area (Å²) in [6.45, 7) is 1.85. The maximum absolute atomic E-state index is 13.1. The number of nitrogens with zero attached hydrogens (tertiary/aromatic N) is 1. The third kappa shape index (κ3) is 2.86. The highest BCUT2D eigenvalue weighted by molar-refractivity contribution is 5.62. The van der Waals surface area contributed by atoms with Crippen molar-refractivity contribution in [3.05, 3.63) is 33.9 Å². The highest BCUT2D eigenvalue weighted by atomic mass is 19.1. The summed E-state index contributed by atoms with van der Waals surface area (Å²) in [4.78, 5) is 9.67. The Morgan fingerprint density at radius 2 is 2.19 bits per heavy atom. The second-order valence-corrected chi connectivity index (χ2v) is 3.40. The van der Waals surface area contributed by atoms with E-state index in [-0.39, 0.29) is 18.3 Å². The zero-order valence-corrected chi connectivity index (χ0v) is 8.54. The molecule has 0 saturated carbocycles. The van der Waals surface area contributed by atoms with Crippen LogP contribution in [0.5, 0.6) is 0 Å². The molecule has 0 fully saturated rings. The second-order valence-electron chi connectivity index (χ2n) is 3.40. The lowest BCUT2D eigenvalue weighted by Crippen LogP contribution is -2.25. The van der Waals surface area contributed by atoms with E-state index < -0.39 is 22.2 Å². The molecule has 0 bridgehead atoms. The number of hydrogen-bond donors (Lipinski definition) is 2. The Hall–Kier alpha value is -1.76. The van der Waals surface area contributed by atoms with Crippen molar-refractivity contribution in [2.24, 2.45) is 5.73 Å². The molecular formula is C9H11F2N3O2. The van der Waals surface area contributed by atoms with Gasteiger partial charge in [0.05, 0.1) is 4.92 Å². The fourth-order valence-electron chi connectivity index (χ4n) is 1.16. The van der Waals surface area contributed by atoms with Crippen molar-refractivity contribution in [1.29, 1.82) is 0 Å². The summed E-state index contributed by atoms with van der Waals surface area (Å²) < 4.78 is 26.0. The molecule has 1 atom stereocenters. The van der Waals surface area contributed by atoms with Crippen molar-refractivity contribution in [2.45, 2.75) is 13.0 Å². The molecule has 0 saturated heterocycles. The lowest BCUT2D eigenvalue weighted by Gasteiger charge is -2.09. The van der Waals surface area contributed by atoms with Crippen LogP contribution in [0, 0.1) is 21.7 Å². The number of hydrogen-bond acceptors (Lipinski definition) is 4. The molecule has 0 aliphatic rings. The molecule has 88 valence electrons. The number of nitrogens with one attached hydrogen (secondary N) is 1. The van der Waals surface area contributed by atoms with E-state index in [2.05, 4.69) is 5.32 Å². The molecule has 0 amide bonds. The van der Waals surface area contributed by atoms with E-state index in [4.69, 9.17) is 5.73 Å². The first-order valence-corrected chi connectivity index (χ1v) is 4.54. The van der Waals surface area contributed by atoms with Gasteiger partial charge in [-0.05, 0) is 6.92 Å². The summed E-state index contributed by atoms with van der Waals surface area (Å²) >= 11 is 0. The number of benzene rings is 1. The number of nitro benzene ring substituents is 1. The fourth-order valence-corrected chi connectivity index (χ4v) is 1.16. The molecule has 1 rings (SSSR count). The smallest absolute Gasteiger partial charge is 0.327 e. The minimum atomic E-state index is -1.21. The molecular weight excluding hydrogens is 220 g/mol. The minimum Gasteiger partial charge on any atom is -0.378 e. The van der Waals surface area contributed by atoms with Gasteiger partial charge in [-0.25, -0.2) is 4.39 Å². The van der Waals surface area contributed by atoms with Gasteiger partial charge in [-0.1, -0.05) is 0 Å². The van der Waals surface area contributed by atoms with Gasteiger partial charge in [-0.15, -0.1) is 0 Å². The molecule has 0 aliphatic carbocycles. The third-order valence-corrected chi connectivity index (χ3v) is 1.83. The molecule has 0 aromatic heterocycles. The average Bonchev–Trinajstić information content (AvgIpc) is 2.12. The van der Waals surface area contributed by atoms with Gasteiger partial charge in [-0.3, -0.25) is 10.1 Å². The quantitative estimate of drug-likeness (QED) is 0.609. The molecule has 3 N–H and O–H groups in total. The van der Waals surface area contributed by atoms with Crippen LogP contribution in [0.2, 0.25) is 0 Å². The molecule has 1 unspecified atom stereocenters. The largest absolute Gasteiger partial charge is 0.378 e. The molecule has 0 spiro atoms. The summed E-state index contributed by atoms with van der Waals surface area (Å²) in [5.41, 5.74) is 4.44. The first-order chi connectivity index (χ1) is 7.41. The van der Waals surface area contributed by atoms with Crippen LogP contribution < -0.4 is 11.1 Å². The molecule has 1 aromatic carbocycles. The molecule has 1 aromatic rings. The van der Waals surface area contributed by atoms with Crippen LogP contribution in [-0.4, -0.2) is 17.5 Å². The Kier molecular flexibility index (Phi) is 3.73. The van der Waals surface area contributed by atoms with Crippen molar-refractivity contribution < 1.29 is 13.7 Å². The molecule has 0 radical (unpaired) electrons. The van der Waals surface area contributed by atoms with Crippen molar-refractivity contribution in [1.82, 2.24) is 0 Å². The number of rotatable bonds is 4. The summed E-state index contributed by atoms with van der Waals surface area (Å²) in [6.07, 6.45) is 0. The first kappa shape index (κ1) is 12.3. The highest BCUT2D eigenvalue weighted by Crippen LogP contribution is 2.28. The number of halogens is 2. The molecule has 0 heterocycles. The predicted octanol–water partition coefficient (Wildman–Crippen LogP) is 1.63. The molecule has 7 heteroatoms. The normalized spacial score (nSPS) is 12.2. The van der Waals surface area contributed by atoms with Gasteiger partial charge >= 0.3 is 5.69 Å². The van der Waals surface area contributed by atoms with Crippen molar-refractivity contribution in [3.8, 4) is 0 Å². The van der Waals surface area contributed by atoms with E-state index >= 15 is 0 Å². The van der Waals surface area contributed by atoms with Gasteiger partial charge < -0.3 is 11.1 Å². The van der Waals surface area contributed by atoms with Gasteiger partial charge in [0.2, 0.25) is 5.82 Å². The van der Waals surface area contributed by atoms with Crippen LogP contribution in [-0.2, 0) is 0 Å². The number of nitro groups is 1. The van der Waals surface area contributed by atoms with Gasteiger partial charge in [0.15, 0.2) is 0 Å². The van der Waals surface area contributed by atoms with Crippen molar-refractivity contribution >= 4 is 11.4 Å². The van der Waals surface area contributed by atoms with E-state index in [1.54, 1.807) is 6.92 Å². The van der Waals surface area contributed by atoms with Crippen LogP contribution in [0.15, 0.2) is 12.1 Å². The van der Waals surface area contributed by atoms with Crippen molar-refractivity contribution in [3.63, 3.8) is 0 Å². The monoisotopic (exact) mass is 231 g/mol. The lowest BCUT2D eigenvalue weighted by atomic mass is 10.2. The van der Waals surface area contributed by atoms with Gasteiger partial charge in [-0.2, -0.15) is 4.39 Å². The highest BCUT2D eigenvalue weighted by Gasteiger charge is 2.21. The predicted molar refractivity (Wildman–Crippen MR) is 55.2 cm³/mol. The van der Waals surface area contributed by atoms with E-state index in [0.29, 0.717) is 6.07 Å². The Labute approximate surface area is 90.4 Å². The summed E-state index contributed by atoms with van der Waals surface area (Å²) in [5.74, 6) is -2.09. The Morgan fingerprint density at radius 1 is 1.56 bits per heavy atom. The fraction of sp³-hybridized carbons (Fsp3) is 0.333. The van der Waals surface area contributed by atoms with Gasteiger partial charge in [0.25, 0.3) is 0 Å². The Morgan fingerprint density at radius 3 is 2.69 bits per heavy atom. The molecule has 5 nitrogen and oxygen atoms in total. The number of anilines is 1. The van der Waals surface area contributed by atoms with Gasteiger partial charge in [0, 0.05) is 24.7 Å². The Bertz CT molecular complexity index is 410. The van der Waals surface area contributed by atoms with Crippen LogP contribution in [0.1, 0.15) is 6.92 Å². The maximum atomic E-state index is 13.1. The lowest BCUT2D eigenvalue weighted by molar-refractivity contribution is -0.386. The number of nitrogens with two attached hydrogens (primary N) is 1. The van der Waals surface area contributed by atoms with Crippen LogP contribution in [0.4, 0.5) is 20.2 Å². The van der Waals surface area contributed by atoms with Gasteiger partial charge in [0.1, 0.15) is 11.5 Å². The maximum Gasteiger partial charge on any atom is 0.327 e. The summed E-state index contributed by atoms with van der Waals surface area (Å²) in [7, 11) is 0. The third-order valence-electron chi connectivity index (χ3n) is 1.83. The van der Waals surface area contributed by atoms with E-state index in [1.165, 1.54) is 0 Å². The van der Waals surface area contributed by atoms with Crippen molar-refractivity contribution in [2.75, 3.05) is 11.9 Å². The Balaban J connectivity index is 3.09. The topological polar surface area (TPSA) is 81.2 Å². The minimum absolute atomic E-state index is 0.184. The standard InChI is InChI=1S/C9H11F2N3O2/c1-5(12)4-13-8-3-6(10)2-7(11)9(8)14(15)16/h2-3,5,13H,4,12H2,1H3. The van der Waals surface area contributed by atoms with Crippen LogP contribution in [0.25, 0.3) is 0 Å². The molecule has 16 heavy (non-hydrogen) atoms. The zero-order chi connectivity index (χ0) is 12.3. The van der Waals surface area contributed by atoms with Crippen LogP contribution >= 0.6 is 0 Å². The second kappa shape index (κ2) is 4.84. The first-order valence-electron chi connectivity index (χ1n) is 4.54. The summed E-state index contributed by atoms with van der Waals surface area (Å²) in [6, 6.07) is 1.05. The SMILES string of the molecule is CC(N)CNc1cc(F)cc(F)c1[N+](=O)[O-]. The van der Waals surface area contributed by atoms with E-state index in [9.17, 15) is 18.9 Å². The molecule has 0 aliphatic heterocycles. The van der Waals surface area contributed by atoms with E-state index in [0.717, 1.165) is 6.07 Å². The average molecular weight is 231 g/mol.